The lowest BCUT2D eigenvalue weighted by Gasteiger charge is -2.10. The van der Waals surface area contributed by atoms with Crippen LogP contribution < -0.4 is 21.7 Å². The van der Waals surface area contributed by atoms with E-state index in [1.807, 2.05) is 36.4 Å². The molecule has 0 saturated carbocycles. The molecular weight excluding hydrogens is 362 g/mol. The fourth-order valence-corrected chi connectivity index (χ4v) is 1.97. The summed E-state index contributed by atoms with van der Waals surface area (Å²) >= 11 is 3.40. The Kier molecular flexibility index (Phi) is 7.82. The zero-order valence-electron chi connectivity index (χ0n) is 12.5. The number of nitrogens with two attached hydrogens (primary N) is 2. The second-order valence-corrected chi connectivity index (χ2v) is 5.10. The van der Waals surface area contributed by atoms with Gasteiger partial charge in [0.25, 0.3) is 0 Å². The summed E-state index contributed by atoms with van der Waals surface area (Å²) in [5, 5.41) is 7.00. The zero-order valence-corrected chi connectivity index (χ0v) is 14.1. The van der Waals surface area contributed by atoms with Crippen LogP contribution in [0.1, 0.15) is 0 Å². The van der Waals surface area contributed by atoms with Gasteiger partial charge in [-0.15, -0.1) is 0 Å². The molecular formula is C16H18BrN3O3. The maximum atomic E-state index is 10.6. The number of rotatable bonds is 5. The van der Waals surface area contributed by atoms with Gasteiger partial charge in [-0.05, 0) is 35.4 Å². The van der Waals surface area contributed by atoms with Gasteiger partial charge in [0.1, 0.15) is 11.4 Å². The van der Waals surface area contributed by atoms with Crippen LogP contribution in [0.25, 0.3) is 11.1 Å². The lowest BCUT2D eigenvalue weighted by atomic mass is 10.1. The second-order valence-electron chi connectivity index (χ2n) is 4.18. The normalized spacial score (nSPS) is 10.8. The molecule has 0 aliphatic heterocycles. The highest BCUT2D eigenvalue weighted by atomic mass is 79.9. The molecule has 0 heterocycles. The van der Waals surface area contributed by atoms with E-state index in [1.165, 1.54) is 0 Å². The molecule has 0 fully saturated rings. The maximum absolute atomic E-state index is 10.6. The molecule has 0 radical (unpaired) electrons. The van der Waals surface area contributed by atoms with Gasteiger partial charge in [0.05, 0.1) is 0 Å². The molecule has 2 rings (SSSR count). The summed E-state index contributed by atoms with van der Waals surface area (Å²) in [4.78, 5) is 10.6. The highest BCUT2D eigenvalue weighted by Gasteiger charge is 2.05. The number of hydrogen-bond acceptors (Lipinski definition) is 6. The SMILES string of the molecule is CO.NN/C(Oc1ccc(-c2ccc(Br)cc2)cc1)=C(\N)C=O. The van der Waals surface area contributed by atoms with Crippen LogP contribution in [0.5, 0.6) is 5.75 Å². The molecule has 2 aromatic carbocycles. The van der Waals surface area contributed by atoms with Crippen molar-refractivity contribution in [1.82, 2.24) is 5.43 Å². The van der Waals surface area contributed by atoms with E-state index in [4.69, 9.17) is 21.4 Å². The highest BCUT2D eigenvalue weighted by molar-refractivity contribution is 9.10. The summed E-state index contributed by atoms with van der Waals surface area (Å²) in [6, 6.07) is 15.3. The Balaban J connectivity index is 0.00000127. The first-order valence-electron chi connectivity index (χ1n) is 6.54. The van der Waals surface area contributed by atoms with Crippen LogP contribution in [0, 0.1) is 0 Å². The lowest BCUT2D eigenvalue weighted by molar-refractivity contribution is -0.105. The summed E-state index contributed by atoms with van der Waals surface area (Å²) in [6.07, 6.45) is 0.464. The van der Waals surface area contributed by atoms with Gasteiger partial charge in [0.15, 0.2) is 6.29 Å². The van der Waals surface area contributed by atoms with Gasteiger partial charge in [-0.2, -0.15) is 0 Å². The van der Waals surface area contributed by atoms with Gasteiger partial charge < -0.3 is 15.6 Å². The van der Waals surface area contributed by atoms with Crippen molar-refractivity contribution in [3.8, 4) is 16.9 Å². The van der Waals surface area contributed by atoms with E-state index in [2.05, 4.69) is 21.4 Å². The third-order valence-corrected chi connectivity index (χ3v) is 3.30. The summed E-state index contributed by atoms with van der Waals surface area (Å²) in [5.41, 5.74) is 9.73. The van der Waals surface area contributed by atoms with E-state index in [0.717, 1.165) is 22.7 Å². The zero-order chi connectivity index (χ0) is 17.2. The number of ether oxygens (including phenoxy) is 1. The minimum absolute atomic E-state index is 0.0152. The van der Waals surface area contributed by atoms with E-state index < -0.39 is 0 Å². The Bertz CT molecular complexity index is 655. The number of carbonyl (C=O) groups excluding carboxylic acids is 1. The van der Waals surface area contributed by atoms with Crippen LogP contribution in [0.4, 0.5) is 0 Å². The van der Waals surface area contributed by atoms with E-state index >= 15 is 0 Å². The smallest absolute Gasteiger partial charge is 0.234 e. The number of benzene rings is 2. The van der Waals surface area contributed by atoms with Crippen LogP contribution in [0.15, 0.2) is 64.6 Å². The molecule has 0 bridgehead atoms. The van der Waals surface area contributed by atoms with E-state index in [-0.39, 0.29) is 11.6 Å². The molecule has 0 aliphatic carbocycles. The van der Waals surface area contributed by atoms with Crippen molar-refractivity contribution in [2.75, 3.05) is 7.11 Å². The lowest BCUT2D eigenvalue weighted by Crippen LogP contribution is -2.28. The fraction of sp³-hybridized carbons (Fsp3) is 0.0625. The van der Waals surface area contributed by atoms with E-state index in [9.17, 15) is 4.79 Å². The number of aliphatic hydroxyl groups is 1. The Hall–Kier alpha value is -2.35. The number of carbonyl (C=O) groups is 1. The summed E-state index contributed by atoms with van der Waals surface area (Å²) in [6.45, 7) is 0. The minimum atomic E-state index is -0.102. The van der Waals surface area contributed by atoms with Crippen LogP contribution in [-0.4, -0.2) is 18.5 Å². The fourth-order valence-electron chi connectivity index (χ4n) is 1.70. The Morgan fingerprint density at radius 1 is 1.09 bits per heavy atom. The predicted octanol–water partition coefficient (Wildman–Crippen LogP) is 1.89. The van der Waals surface area contributed by atoms with Crippen LogP contribution >= 0.6 is 15.9 Å². The first kappa shape index (κ1) is 18.7. The Morgan fingerprint density at radius 2 is 1.57 bits per heavy atom. The largest absolute Gasteiger partial charge is 0.438 e. The van der Waals surface area contributed by atoms with Crippen molar-refractivity contribution in [2.45, 2.75) is 0 Å². The Morgan fingerprint density at radius 3 is 2.00 bits per heavy atom. The van der Waals surface area contributed by atoms with Crippen LogP contribution in [0.2, 0.25) is 0 Å². The molecule has 0 atom stereocenters. The first-order valence-corrected chi connectivity index (χ1v) is 7.33. The van der Waals surface area contributed by atoms with Crippen LogP contribution in [-0.2, 0) is 4.79 Å². The Labute approximate surface area is 142 Å². The molecule has 0 spiro atoms. The maximum Gasteiger partial charge on any atom is 0.234 e. The molecule has 2 aromatic rings. The monoisotopic (exact) mass is 379 g/mol. The topological polar surface area (TPSA) is 111 Å². The molecule has 0 aliphatic rings. The van der Waals surface area contributed by atoms with Crippen LogP contribution in [0.3, 0.4) is 0 Å². The van der Waals surface area contributed by atoms with Crippen molar-refractivity contribution in [1.29, 1.82) is 0 Å². The average Bonchev–Trinajstić information content (AvgIpc) is 2.62. The number of aldehydes is 1. The third kappa shape index (κ3) is 5.41. The summed E-state index contributed by atoms with van der Waals surface area (Å²) < 4.78 is 6.43. The molecule has 0 aromatic heterocycles. The highest BCUT2D eigenvalue weighted by Crippen LogP contribution is 2.24. The first-order chi connectivity index (χ1) is 11.1. The number of hydrazine groups is 1. The van der Waals surface area contributed by atoms with Gasteiger partial charge in [0, 0.05) is 11.6 Å². The molecule has 6 nitrogen and oxygen atoms in total. The molecule has 6 N–H and O–H groups in total. The summed E-state index contributed by atoms with van der Waals surface area (Å²) in [5.74, 6) is 5.79. The number of hydrogen-bond donors (Lipinski definition) is 4. The van der Waals surface area contributed by atoms with Gasteiger partial charge in [-0.25, -0.2) is 5.84 Å². The molecule has 122 valence electrons. The standard InChI is InChI=1S/C15H14BrN3O2.CH4O/c16-12-5-1-10(2-6-12)11-3-7-13(8-4-11)21-15(19-18)14(17)9-20;1-2/h1-9,19H,17-18H2;2H,1H3/b15-14+;. The van der Waals surface area contributed by atoms with Gasteiger partial charge in [0.2, 0.25) is 5.88 Å². The molecule has 0 saturated heterocycles. The quantitative estimate of drug-likeness (QED) is 0.207. The van der Waals surface area contributed by atoms with E-state index in [1.54, 1.807) is 12.1 Å². The van der Waals surface area contributed by atoms with Crippen molar-refractivity contribution in [2.24, 2.45) is 11.6 Å². The van der Waals surface area contributed by atoms with E-state index in [0.29, 0.717) is 12.0 Å². The molecule has 7 heteroatoms. The molecule has 0 amide bonds. The van der Waals surface area contributed by atoms with Gasteiger partial charge in [-0.1, -0.05) is 40.2 Å². The van der Waals surface area contributed by atoms with Gasteiger partial charge >= 0.3 is 0 Å². The predicted molar refractivity (Wildman–Crippen MR) is 92.9 cm³/mol. The van der Waals surface area contributed by atoms with Crippen molar-refractivity contribution in [3.63, 3.8) is 0 Å². The minimum Gasteiger partial charge on any atom is -0.438 e. The average molecular weight is 380 g/mol. The number of nitrogens with one attached hydrogen (secondary N) is 1. The number of aliphatic hydroxyl groups excluding tert-OH is 1. The van der Waals surface area contributed by atoms with Gasteiger partial charge in [-0.3, -0.25) is 10.2 Å². The second kappa shape index (κ2) is 9.62. The van der Waals surface area contributed by atoms with Crippen molar-refractivity contribution >= 4 is 22.2 Å². The number of allylic oxidation sites excluding steroid dienone is 1. The third-order valence-electron chi connectivity index (χ3n) is 2.77. The molecule has 23 heavy (non-hydrogen) atoms. The van der Waals surface area contributed by atoms with Crippen molar-refractivity contribution < 1.29 is 14.6 Å². The molecule has 0 unspecified atom stereocenters. The number of halogens is 1. The summed E-state index contributed by atoms with van der Waals surface area (Å²) in [7, 11) is 1.00. The van der Waals surface area contributed by atoms with Crippen molar-refractivity contribution in [3.05, 3.63) is 64.6 Å².